The average Bonchev–Trinajstić information content (AvgIpc) is 3.26. The molecule has 1 aromatic rings. The minimum Gasteiger partial charge on any atom is -0.497 e. The number of hydrogen-bond acceptors (Lipinski definition) is 4. The highest BCUT2D eigenvalue weighted by Crippen LogP contribution is 2.55. The van der Waals surface area contributed by atoms with Gasteiger partial charge < -0.3 is 25.0 Å². The van der Waals surface area contributed by atoms with Crippen molar-refractivity contribution in [3.05, 3.63) is 29.8 Å². The Balaban J connectivity index is 1.24. The second-order valence-electron chi connectivity index (χ2n) is 11.4. The number of carbonyl (C=O) groups excluding carboxylic acids is 2. The first-order valence-corrected chi connectivity index (χ1v) is 13.0. The van der Waals surface area contributed by atoms with E-state index in [4.69, 9.17) is 4.74 Å². The summed E-state index contributed by atoms with van der Waals surface area (Å²) >= 11 is 0. The number of hydrogen-bond donors (Lipinski definition) is 2. The largest absolute Gasteiger partial charge is 0.497 e. The normalized spacial score (nSPS) is 33.9. The molecule has 2 N–H and O–H groups in total. The lowest BCUT2D eigenvalue weighted by Crippen LogP contribution is -2.63. The quantitative estimate of drug-likeness (QED) is 0.666. The molecule has 5 aliphatic rings. The molecule has 6 rings (SSSR count). The van der Waals surface area contributed by atoms with Crippen LogP contribution in [0.2, 0.25) is 0 Å². The van der Waals surface area contributed by atoms with Gasteiger partial charge in [-0.25, -0.2) is 4.79 Å². The van der Waals surface area contributed by atoms with E-state index >= 15 is 0 Å². The van der Waals surface area contributed by atoms with Gasteiger partial charge in [-0.1, -0.05) is 0 Å². The summed E-state index contributed by atoms with van der Waals surface area (Å²) in [5.41, 5.74) is 0.142. The molecule has 1 heterocycles. The van der Waals surface area contributed by atoms with Gasteiger partial charge in [0.15, 0.2) is 0 Å². The molecule has 0 aromatic heterocycles. The van der Waals surface area contributed by atoms with E-state index in [0.29, 0.717) is 29.9 Å². The first kappa shape index (κ1) is 23.5. The van der Waals surface area contributed by atoms with Crippen molar-refractivity contribution < 1.29 is 19.4 Å². The van der Waals surface area contributed by atoms with Crippen LogP contribution in [0.4, 0.5) is 4.79 Å². The predicted octanol–water partition coefficient (Wildman–Crippen LogP) is 3.66. The number of urea groups is 1. The summed E-state index contributed by atoms with van der Waals surface area (Å²) in [7, 11) is 1.61. The summed E-state index contributed by atoms with van der Waals surface area (Å²) in [5.74, 6) is 2.12. The molecule has 0 spiro atoms. The van der Waals surface area contributed by atoms with Gasteiger partial charge in [0, 0.05) is 30.7 Å². The van der Waals surface area contributed by atoms with Gasteiger partial charge >= 0.3 is 6.03 Å². The van der Waals surface area contributed by atoms with Crippen LogP contribution in [0.3, 0.4) is 0 Å². The van der Waals surface area contributed by atoms with Crippen molar-refractivity contribution >= 4 is 11.9 Å². The number of benzene rings is 1. The van der Waals surface area contributed by atoms with Gasteiger partial charge in [0.1, 0.15) is 5.75 Å². The lowest BCUT2D eigenvalue weighted by molar-refractivity contribution is -0.137. The van der Waals surface area contributed by atoms with Crippen LogP contribution in [0.5, 0.6) is 5.75 Å². The van der Waals surface area contributed by atoms with E-state index in [9.17, 15) is 14.7 Å². The first-order valence-electron chi connectivity index (χ1n) is 13.0. The molecular formula is C27H39N3O4. The number of methoxy groups -OCH3 is 1. The fourth-order valence-corrected chi connectivity index (χ4v) is 7.39. The molecule has 7 nitrogen and oxygen atoms in total. The van der Waals surface area contributed by atoms with Crippen LogP contribution < -0.4 is 10.1 Å². The summed E-state index contributed by atoms with van der Waals surface area (Å²) in [5, 5.41) is 14.3. The van der Waals surface area contributed by atoms with Gasteiger partial charge in [0.25, 0.3) is 5.91 Å². The smallest absolute Gasteiger partial charge is 0.317 e. The van der Waals surface area contributed by atoms with Crippen molar-refractivity contribution in [2.75, 3.05) is 20.2 Å². The minimum absolute atomic E-state index is 0.00701. The molecule has 5 fully saturated rings. The molecule has 1 saturated heterocycles. The molecule has 186 valence electrons. The molecule has 7 heteroatoms. The molecule has 1 aromatic carbocycles. The Kier molecular flexibility index (Phi) is 6.25. The SMILES string of the molecule is COc1ccc(C(=O)N(C[C@H]2CCCN2C(=O)NC2C3CC4CC2CC(O)(C4)C3)C(C)C)cc1. The summed E-state index contributed by atoms with van der Waals surface area (Å²) in [6, 6.07) is 7.45. The van der Waals surface area contributed by atoms with E-state index in [-0.39, 0.29) is 30.1 Å². The van der Waals surface area contributed by atoms with Crippen molar-refractivity contribution in [3.8, 4) is 5.75 Å². The topological polar surface area (TPSA) is 82.1 Å². The zero-order chi connectivity index (χ0) is 24.0. The van der Waals surface area contributed by atoms with Crippen LogP contribution >= 0.6 is 0 Å². The van der Waals surface area contributed by atoms with E-state index in [0.717, 1.165) is 57.2 Å². The fraction of sp³-hybridized carbons (Fsp3) is 0.704. The Morgan fingerprint density at radius 3 is 2.44 bits per heavy atom. The highest BCUT2D eigenvalue weighted by Gasteiger charge is 2.55. The lowest BCUT2D eigenvalue weighted by Gasteiger charge is -2.58. The maximum Gasteiger partial charge on any atom is 0.317 e. The number of aliphatic hydroxyl groups is 1. The number of nitrogens with one attached hydrogen (secondary N) is 1. The van der Waals surface area contributed by atoms with Crippen molar-refractivity contribution in [1.82, 2.24) is 15.1 Å². The van der Waals surface area contributed by atoms with Crippen LogP contribution in [-0.2, 0) is 0 Å². The zero-order valence-corrected chi connectivity index (χ0v) is 20.7. The fourth-order valence-electron chi connectivity index (χ4n) is 7.39. The first-order chi connectivity index (χ1) is 16.3. The summed E-state index contributed by atoms with van der Waals surface area (Å²) in [6.07, 6.45) is 6.72. The molecule has 2 unspecified atom stereocenters. The lowest BCUT2D eigenvalue weighted by atomic mass is 9.52. The number of ether oxygens (including phenoxy) is 1. The van der Waals surface area contributed by atoms with Gasteiger partial charge in [-0.2, -0.15) is 0 Å². The second kappa shape index (κ2) is 9.06. The Hall–Kier alpha value is -2.28. The van der Waals surface area contributed by atoms with Crippen LogP contribution in [-0.4, -0.2) is 70.8 Å². The summed E-state index contributed by atoms with van der Waals surface area (Å²) in [4.78, 5) is 30.6. The van der Waals surface area contributed by atoms with E-state index in [1.165, 1.54) is 0 Å². The molecule has 4 aliphatic carbocycles. The number of rotatable bonds is 6. The van der Waals surface area contributed by atoms with Crippen LogP contribution in [0, 0.1) is 17.8 Å². The van der Waals surface area contributed by atoms with Crippen molar-refractivity contribution in [1.29, 1.82) is 0 Å². The van der Waals surface area contributed by atoms with Gasteiger partial charge in [-0.15, -0.1) is 0 Å². The Morgan fingerprint density at radius 1 is 1.18 bits per heavy atom. The molecule has 1 aliphatic heterocycles. The number of amides is 3. The maximum absolute atomic E-state index is 13.4. The van der Waals surface area contributed by atoms with Crippen LogP contribution in [0.1, 0.15) is 69.2 Å². The monoisotopic (exact) mass is 469 g/mol. The predicted molar refractivity (Wildman–Crippen MR) is 130 cm³/mol. The van der Waals surface area contributed by atoms with Gasteiger partial charge in [0.05, 0.1) is 18.8 Å². The average molecular weight is 470 g/mol. The van der Waals surface area contributed by atoms with Crippen molar-refractivity contribution in [2.45, 2.75) is 82.5 Å². The van der Waals surface area contributed by atoms with E-state index in [1.807, 2.05) is 35.8 Å². The summed E-state index contributed by atoms with van der Waals surface area (Å²) < 4.78 is 5.22. The van der Waals surface area contributed by atoms with Gasteiger partial charge in [-0.3, -0.25) is 4.79 Å². The molecule has 0 radical (unpaired) electrons. The van der Waals surface area contributed by atoms with E-state index in [1.54, 1.807) is 19.2 Å². The highest BCUT2D eigenvalue weighted by atomic mass is 16.5. The Morgan fingerprint density at radius 2 is 1.85 bits per heavy atom. The highest BCUT2D eigenvalue weighted by molar-refractivity contribution is 5.94. The third-order valence-electron chi connectivity index (χ3n) is 8.80. The van der Waals surface area contributed by atoms with Crippen molar-refractivity contribution in [2.24, 2.45) is 17.8 Å². The standard InChI is InChI=1S/C27H39N3O4/c1-17(2)30(25(31)19-6-8-23(34-3)9-7-19)16-22-5-4-10-29(22)26(32)28-24-20-11-18-12-21(24)15-27(33,13-18)14-20/h6-9,17-18,20-22,24,33H,4-5,10-16H2,1-3H3,(H,28,32)/t18?,20?,21?,22-,24?,27?/m1/s1. The second-order valence-corrected chi connectivity index (χ2v) is 11.4. The van der Waals surface area contributed by atoms with E-state index < -0.39 is 5.60 Å². The molecule has 3 amide bonds. The molecular weight excluding hydrogens is 430 g/mol. The Bertz CT molecular complexity index is 901. The minimum atomic E-state index is -0.493. The Labute approximate surface area is 202 Å². The third-order valence-corrected chi connectivity index (χ3v) is 8.80. The molecule has 4 bridgehead atoms. The summed E-state index contributed by atoms with van der Waals surface area (Å²) in [6.45, 7) is 5.32. The van der Waals surface area contributed by atoms with Gasteiger partial charge in [0.2, 0.25) is 0 Å². The van der Waals surface area contributed by atoms with Crippen LogP contribution in [0.15, 0.2) is 24.3 Å². The van der Waals surface area contributed by atoms with Crippen LogP contribution in [0.25, 0.3) is 0 Å². The number of carbonyl (C=O) groups is 2. The molecule has 3 atom stereocenters. The number of likely N-dealkylation sites (tertiary alicyclic amines) is 1. The third kappa shape index (κ3) is 4.39. The number of nitrogens with zero attached hydrogens (tertiary/aromatic N) is 2. The van der Waals surface area contributed by atoms with Crippen molar-refractivity contribution in [3.63, 3.8) is 0 Å². The maximum atomic E-state index is 13.4. The molecule has 4 saturated carbocycles. The van der Waals surface area contributed by atoms with E-state index in [2.05, 4.69) is 5.32 Å². The zero-order valence-electron chi connectivity index (χ0n) is 20.7. The molecule has 34 heavy (non-hydrogen) atoms. The van der Waals surface area contributed by atoms with Gasteiger partial charge in [-0.05, 0) is 101 Å².